The standard InChI is InChI=1S/C24H31NO5S/c1-28-17-6-8-18(9-7-17)29-12-4-2-3-5-19-20-10-11-22(30-23(20)13-21(19)27)24-25-16(14-26)15-31-24/h3,5-9,15,19-23,26-27H,2,4,10-14H2,1H3/b5-3+/t19-,20-,21-,22-,23?/m1/s1. The first-order valence-corrected chi connectivity index (χ1v) is 11.9. The molecular formula is C24H31NO5S. The summed E-state index contributed by atoms with van der Waals surface area (Å²) in [4.78, 5) is 4.46. The fourth-order valence-corrected chi connectivity index (χ4v) is 5.45. The number of aliphatic hydroxyl groups is 2. The van der Waals surface area contributed by atoms with Gasteiger partial charge in [0.05, 0.1) is 38.2 Å². The predicted molar refractivity (Wildman–Crippen MR) is 119 cm³/mol. The van der Waals surface area contributed by atoms with Crippen molar-refractivity contribution >= 4 is 11.3 Å². The number of benzene rings is 1. The van der Waals surface area contributed by atoms with Gasteiger partial charge in [-0.2, -0.15) is 0 Å². The van der Waals surface area contributed by atoms with E-state index in [1.807, 2.05) is 29.6 Å². The summed E-state index contributed by atoms with van der Waals surface area (Å²) in [5.74, 6) is 2.18. The molecule has 2 N–H and O–H groups in total. The Morgan fingerprint density at radius 1 is 1.23 bits per heavy atom. The van der Waals surface area contributed by atoms with E-state index in [0.717, 1.165) is 42.2 Å². The molecule has 31 heavy (non-hydrogen) atoms. The van der Waals surface area contributed by atoms with Crippen LogP contribution in [0.25, 0.3) is 0 Å². The molecule has 1 aromatic heterocycles. The van der Waals surface area contributed by atoms with E-state index >= 15 is 0 Å². The Labute approximate surface area is 187 Å². The second kappa shape index (κ2) is 10.6. The van der Waals surface area contributed by atoms with Crippen molar-refractivity contribution < 1.29 is 24.4 Å². The van der Waals surface area contributed by atoms with E-state index in [4.69, 9.17) is 14.2 Å². The fourth-order valence-electron chi connectivity index (χ4n) is 4.57. The summed E-state index contributed by atoms with van der Waals surface area (Å²) in [5, 5.41) is 22.7. The summed E-state index contributed by atoms with van der Waals surface area (Å²) >= 11 is 1.55. The number of thiazole rings is 1. The van der Waals surface area contributed by atoms with Crippen LogP contribution in [0.2, 0.25) is 0 Å². The van der Waals surface area contributed by atoms with Crippen LogP contribution in [0.4, 0.5) is 0 Å². The van der Waals surface area contributed by atoms with E-state index in [1.54, 1.807) is 18.4 Å². The third-order valence-corrected chi connectivity index (χ3v) is 7.19. The lowest BCUT2D eigenvalue weighted by Gasteiger charge is -2.33. The third kappa shape index (κ3) is 5.47. The summed E-state index contributed by atoms with van der Waals surface area (Å²) in [6, 6.07) is 7.61. The molecule has 0 bridgehead atoms. The van der Waals surface area contributed by atoms with Gasteiger partial charge in [-0.3, -0.25) is 0 Å². The van der Waals surface area contributed by atoms with Crippen LogP contribution >= 0.6 is 11.3 Å². The molecule has 1 aromatic carbocycles. The second-order valence-corrected chi connectivity index (χ2v) is 9.10. The molecule has 0 spiro atoms. The van der Waals surface area contributed by atoms with Gasteiger partial charge in [0.2, 0.25) is 0 Å². The van der Waals surface area contributed by atoms with Crippen molar-refractivity contribution in [3.05, 3.63) is 52.5 Å². The van der Waals surface area contributed by atoms with Crippen LogP contribution in [0.5, 0.6) is 11.5 Å². The largest absolute Gasteiger partial charge is 0.497 e. The van der Waals surface area contributed by atoms with Gasteiger partial charge >= 0.3 is 0 Å². The van der Waals surface area contributed by atoms with Crippen molar-refractivity contribution in [3.8, 4) is 11.5 Å². The Morgan fingerprint density at radius 3 is 2.77 bits per heavy atom. The number of fused-ring (bicyclic) bond motifs is 1. The maximum absolute atomic E-state index is 10.6. The molecule has 1 aliphatic carbocycles. The van der Waals surface area contributed by atoms with Gasteiger partial charge in [-0.25, -0.2) is 4.98 Å². The van der Waals surface area contributed by atoms with Gasteiger partial charge in [0.1, 0.15) is 22.6 Å². The first kappa shape index (κ1) is 22.3. The van der Waals surface area contributed by atoms with Crippen LogP contribution in [0, 0.1) is 11.8 Å². The number of hydrogen-bond donors (Lipinski definition) is 2. The van der Waals surface area contributed by atoms with E-state index in [-0.39, 0.29) is 30.8 Å². The molecule has 1 aliphatic heterocycles. The predicted octanol–water partition coefficient (Wildman–Crippen LogP) is 4.28. The highest BCUT2D eigenvalue weighted by Crippen LogP contribution is 2.46. The zero-order chi connectivity index (χ0) is 21.6. The monoisotopic (exact) mass is 445 g/mol. The molecule has 1 saturated heterocycles. The molecule has 1 saturated carbocycles. The number of hydrogen-bond acceptors (Lipinski definition) is 7. The van der Waals surface area contributed by atoms with Crippen molar-refractivity contribution in [1.82, 2.24) is 4.98 Å². The van der Waals surface area contributed by atoms with Gasteiger partial charge in [-0.1, -0.05) is 12.2 Å². The van der Waals surface area contributed by atoms with Crippen molar-refractivity contribution in [2.24, 2.45) is 11.8 Å². The molecule has 1 unspecified atom stereocenters. The molecule has 2 aliphatic rings. The maximum Gasteiger partial charge on any atom is 0.122 e. The molecule has 6 nitrogen and oxygen atoms in total. The van der Waals surface area contributed by atoms with Gasteiger partial charge in [-0.15, -0.1) is 11.3 Å². The highest BCUT2D eigenvalue weighted by Gasteiger charge is 2.45. The van der Waals surface area contributed by atoms with Crippen molar-refractivity contribution in [2.75, 3.05) is 13.7 Å². The minimum absolute atomic E-state index is 0.0171. The molecule has 2 heterocycles. The average Bonchev–Trinajstić information content (AvgIpc) is 3.40. The molecule has 4 rings (SSSR count). The van der Waals surface area contributed by atoms with Gasteiger partial charge in [0, 0.05) is 17.7 Å². The number of aliphatic hydroxyl groups excluding tert-OH is 2. The smallest absolute Gasteiger partial charge is 0.122 e. The molecule has 2 aromatic rings. The van der Waals surface area contributed by atoms with Crippen LogP contribution in [0.1, 0.15) is 48.9 Å². The topological polar surface area (TPSA) is 81.0 Å². The lowest BCUT2D eigenvalue weighted by Crippen LogP contribution is -2.29. The molecular weight excluding hydrogens is 414 g/mol. The van der Waals surface area contributed by atoms with Crippen molar-refractivity contribution in [3.63, 3.8) is 0 Å². The second-order valence-electron chi connectivity index (χ2n) is 8.21. The summed E-state index contributed by atoms with van der Waals surface area (Å²) in [7, 11) is 1.65. The normalized spacial score (nSPS) is 28.0. The van der Waals surface area contributed by atoms with Crippen molar-refractivity contribution in [2.45, 2.75) is 57.0 Å². The first-order chi connectivity index (χ1) is 15.2. The summed E-state index contributed by atoms with van der Waals surface area (Å²) in [5.41, 5.74) is 0.703. The van der Waals surface area contributed by atoms with Crippen LogP contribution in [-0.4, -0.2) is 41.1 Å². The number of nitrogens with zero attached hydrogens (tertiary/aromatic N) is 1. The fraction of sp³-hybridized carbons (Fsp3) is 0.542. The Balaban J connectivity index is 1.21. The Hall–Kier alpha value is -1.93. The highest BCUT2D eigenvalue weighted by molar-refractivity contribution is 7.09. The lowest BCUT2D eigenvalue weighted by atomic mass is 9.86. The van der Waals surface area contributed by atoms with Crippen LogP contribution in [0.3, 0.4) is 0 Å². The third-order valence-electron chi connectivity index (χ3n) is 6.20. The molecule has 168 valence electrons. The minimum atomic E-state index is -0.357. The summed E-state index contributed by atoms with van der Waals surface area (Å²) < 4.78 is 17.2. The van der Waals surface area contributed by atoms with Gasteiger partial charge in [0.15, 0.2) is 0 Å². The number of unbranched alkanes of at least 4 members (excludes halogenated alkanes) is 1. The highest BCUT2D eigenvalue weighted by atomic mass is 32.1. The molecule has 5 atom stereocenters. The van der Waals surface area contributed by atoms with Gasteiger partial charge < -0.3 is 24.4 Å². The zero-order valence-electron chi connectivity index (χ0n) is 17.9. The molecule has 2 fully saturated rings. The Bertz CT molecular complexity index is 852. The summed E-state index contributed by atoms with van der Waals surface area (Å²) in [6.45, 7) is 0.621. The number of ether oxygens (including phenoxy) is 3. The number of aromatic nitrogens is 1. The van der Waals surface area contributed by atoms with E-state index in [0.29, 0.717) is 24.6 Å². The quantitative estimate of drug-likeness (QED) is 0.443. The van der Waals surface area contributed by atoms with E-state index in [2.05, 4.69) is 17.1 Å². The average molecular weight is 446 g/mol. The van der Waals surface area contributed by atoms with Crippen molar-refractivity contribution in [1.29, 1.82) is 0 Å². The van der Waals surface area contributed by atoms with E-state index in [1.165, 1.54) is 0 Å². The summed E-state index contributed by atoms with van der Waals surface area (Å²) in [6.07, 6.45) is 8.51. The van der Waals surface area contributed by atoms with Gasteiger partial charge in [0.25, 0.3) is 0 Å². The number of methoxy groups -OCH3 is 1. The maximum atomic E-state index is 10.6. The van der Waals surface area contributed by atoms with Crippen LogP contribution < -0.4 is 9.47 Å². The van der Waals surface area contributed by atoms with E-state index < -0.39 is 0 Å². The number of allylic oxidation sites excluding steroid dienone is 1. The lowest BCUT2D eigenvalue weighted by molar-refractivity contribution is -0.0767. The first-order valence-electron chi connectivity index (χ1n) is 11.0. The minimum Gasteiger partial charge on any atom is -0.497 e. The molecule has 0 radical (unpaired) electrons. The SMILES string of the molecule is COc1ccc(OCCC/C=C/[C@H]2[C@H](O)CC3O[C@@H](c4nc(CO)cs4)CC[C@@H]32)cc1. The Morgan fingerprint density at radius 2 is 2.03 bits per heavy atom. The molecule has 7 heteroatoms. The van der Waals surface area contributed by atoms with Crippen LogP contribution in [-0.2, 0) is 11.3 Å². The molecule has 0 amide bonds. The number of rotatable bonds is 9. The zero-order valence-corrected chi connectivity index (χ0v) is 18.7. The van der Waals surface area contributed by atoms with E-state index in [9.17, 15) is 10.2 Å². The Kier molecular flexibility index (Phi) is 7.61. The van der Waals surface area contributed by atoms with Crippen LogP contribution in [0.15, 0.2) is 41.8 Å². The van der Waals surface area contributed by atoms with Gasteiger partial charge in [-0.05, 0) is 55.9 Å².